The zero-order valence-corrected chi connectivity index (χ0v) is 13.3. The molecule has 1 amide bonds. The molecule has 0 radical (unpaired) electrons. The molecule has 2 heterocycles. The molecular formula is C18H12F3N3O2. The molecule has 0 aliphatic carbocycles. The van der Waals surface area contributed by atoms with Crippen LogP contribution in [0.5, 0.6) is 0 Å². The molecule has 1 atom stereocenters. The van der Waals surface area contributed by atoms with Crippen molar-refractivity contribution < 1.29 is 22.5 Å². The molecule has 1 saturated heterocycles. The number of halogens is 3. The second-order valence-corrected chi connectivity index (χ2v) is 5.97. The second kappa shape index (κ2) is 6.29. The number of benzene rings is 2. The van der Waals surface area contributed by atoms with E-state index in [0.29, 0.717) is 11.4 Å². The van der Waals surface area contributed by atoms with Gasteiger partial charge in [-0.2, -0.15) is 4.98 Å². The van der Waals surface area contributed by atoms with Crippen LogP contribution in [-0.2, 0) is 4.79 Å². The van der Waals surface area contributed by atoms with Crippen LogP contribution in [0.1, 0.15) is 18.2 Å². The summed E-state index contributed by atoms with van der Waals surface area (Å²) in [4.78, 5) is 17.7. The maximum absolute atomic E-state index is 13.9. The number of amides is 1. The van der Waals surface area contributed by atoms with Crippen LogP contribution in [0.2, 0.25) is 0 Å². The standard InChI is InChI=1S/C18H12F3N3O2/c19-12-3-1-10(2-4-12)18-22-17(23-26-18)11-7-16(25)24(9-11)15-6-5-13(20)8-14(15)21/h1-6,8,11H,7,9H2. The first kappa shape index (κ1) is 16.3. The van der Waals surface area contributed by atoms with E-state index in [0.717, 1.165) is 12.1 Å². The van der Waals surface area contributed by atoms with Crippen molar-refractivity contribution in [2.24, 2.45) is 0 Å². The van der Waals surface area contributed by atoms with Crippen LogP contribution in [0.15, 0.2) is 47.0 Å². The highest BCUT2D eigenvalue weighted by atomic mass is 19.1. The highest BCUT2D eigenvalue weighted by Crippen LogP contribution is 2.33. The largest absolute Gasteiger partial charge is 0.334 e. The predicted molar refractivity (Wildman–Crippen MR) is 85.8 cm³/mol. The first-order valence-corrected chi connectivity index (χ1v) is 7.86. The van der Waals surface area contributed by atoms with Gasteiger partial charge in [-0.3, -0.25) is 4.79 Å². The molecule has 4 rings (SSSR count). The van der Waals surface area contributed by atoms with Gasteiger partial charge in [0.05, 0.1) is 5.69 Å². The normalized spacial score (nSPS) is 17.1. The molecule has 3 aromatic rings. The summed E-state index contributed by atoms with van der Waals surface area (Å²) in [7, 11) is 0. The lowest BCUT2D eigenvalue weighted by Crippen LogP contribution is -2.25. The van der Waals surface area contributed by atoms with Crippen LogP contribution in [0.3, 0.4) is 0 Å². The fourth-order valence-corrected chi connectivity index (χ4v) is 2.92. The van der Waals surface area contributed by atoms with Crippen molar-refractivity contribution in [2.45, 2.75) is 12.3 Å². The maximum Gasteiger partial charge on any atom is 0.257 e. The molecule has 0 spiro atoms. The third-order valence-corrected chi connectivity index (χ3v) is 4.22. The molecule has 1 unspecified atom stereocenters. The topological polar surface area (TPSA) is 59.2 Å². The van der Waals surface area contributed by atoms with E-state index in [1.807, 2.05) is 0 Å². The van der Waals surface area contributed by atoms with Crippen molar-refractivity contribution >= 4 is 11.6 Å². The number of nitrogens with zero attached hydrogens (tertiary/aromatic N) is 3. The van der Waals surface area contributed by atoms with E-state index in [4.69, 9.17) is 4.52 Å². The van der Waals surface area contributed by atoms with Crippen molar-refractivity contribution in [3.63, 3.8) is 0 Å². The first-order valence-electron chi connectivity index (χ1n) is 7.86. The molecule has 0 saturated carbocycles. The number of carbonyl (C=O) groups excluding carboxylic acids is 1. The minimum Gasteiger partial charge on any atom is -0.334 e. The van der Waals surface area contributed by atoms with Crippen LogP contribution >= 0.6 is 0 Å². The number of hydrogen-bond acceptors (Lipinski definition) is 4. The van der Waals surface area contributed by atoms with Crippen LogP contribution in [0.4, 0.5) is 18.9 Å². The Balaban J connectivity index is 1.56. The molecule has 1 aliphatic heterocycles. The summed E-state index contributed by atoms with van der Waals surface area (Å²) < 4.78 is 45.2. The Labute approximate surface area is 146 Å². The Bertz CT molecular complexity index is 972. The van der Waals surface area contributed by atoms with Crippen molar-refractivity contribution in [3.05, 3.63) is 65.7 Å². The van der Waals surface area contributed by atoms with Gasteiger partial charge in [0.25, 0.3) is 5.89 Å². The van der Waals surface area contributed by atoms with E-state index in [2.05, 4.69) is 10.1 Å². The summed E-state index contributed by atoms with van der Waals surface area (Å²) in [5, 5.41) is 3.88. The first-order chi connectivity index (χ1) is 12.5. The minimum atomic E-state index is -0.806. The third-order valence-electron chi connectivity index (χ3n) is 4.22. The van der Waals surface area contributed by atoms with Gasteiger partial charge in [0.1, 0.15) is 17.5 Å². The van der Waals surface area contributed by atoms with E-state index in [1.54, 1.807) is 0 Å². The summed E-state index contributed by atoms with van der Waals surface area (Å²) in [6.45, 7) is 0.157. The highest BCUT2D eigenvalue weighted by Gasteiger charge is 2.35. The van der Waals surface area contributed by atoms with Crippen molar-refractivity contribution in [1.82, 2.24) is 10.1 Å². The average molecular weight is 359 g/mol. The van der Waals surface area contributed by atoms with Crippen molar-refractivity contribution in [2.75, 3.05) is 11.4 Å². The Morgan fingerprint density at radius 2 is 1.77 bits per heavy atom. The van der Waals surface area contributed by atoms with E-state index >= 15 is 0 Å². The highest BCUT2D eigenvalue weighted by molar-refractivity contribution is 5.96. The average Bonchev–Trinajstić information content (AvgIpc) is 3.23. The van der Waals surface area contributed by atoms with Gasteiger partial charge < -0.3 is 9.42 Å². The Hall–Kier alpha value is -3.16. The van der Waals surface area contributed by atoms with E-state index in [1.165, 1.54) is 35.2 Å². The molecule has 1 aromatic heterocycles. The summed E-state index contributed by atoms with van der Waals surface area (Å²) in [6.07, 6.45) is 0.0825. The number of carbonyl (C=O) groups is 1. The summed E-state index contributed by atoms with van der Waals surface area (Å²) in [5.74, 6) is -2.08. The van der Waals surface area contributed by atoms with Crippen LogP contribution < -0.4 is 4.90 Å². The van der Waals surface area contributed by atoms with Gasteiger partial charge in [-0.25, -0.2) is 13.2 Å². The minimum absolute atomic E-state index is 0.0150. The van der Waals surface area contributed by atoms with E-state index in [9.17, 15) is 18.0 Å². The smallest absolute Gasteiger partial charge is 0.257 e. The predicted octanol–water partition coefficient (Wildman–Crippen LogP) is 3.67. The molecule has 1 fully saturated rings. The summed E-state index contributed by atoms with van der Waals surface area (Å²) in [6, 6.07) is 8.62. The molecule has 132 valence electrons. The number of hydrogen-bond donors (Lipinski definition) is 0. The summed E-state index contributed by atoms with van der Waals surface area (Å²) >= 11 is 0. The van der Waals surface area contributed by atoms with Gasteiger partial charge in [0.2, 0.25) is 5.91 Å². The Morgan fingerprint density at radius 3 is 2.50 bits per heavy atom. The lowest BCUT2D eigenvalue weighted by atomic mass is 10.1. The SMILES string of the molecule is O=C1CC(c2noc(-c3ccc(F)cc3)n2)CN1c1ccc(F)cc1F. The Kier molecular flexibility index (Phi) is 3.95. The van der Waals surface area contributed by atoms with Gasteiger partial charge in [0.15, 0.2) is 5.82 Å². The Morgan fingerprint density at radius 1 is 1.04 bits per heavy atom. The molecule has 0 bridgehead atoms. The number of aromatic nitrogens is 2. The third kappa shape index (κ3) is 2.94. The molecule has 0 N–H and O–H groups in total. The molecule has 1 aliphatic rings. The van der Waals surface area contributed by atoms with Crippen LogP contribution in [0.25, 0.3) is 11.5 Å². The van der Waals surface area contributed by atoms with Gasteiger partial charge >= 0.3 is 0 Å². The molecule has 26 heavy (non-hydrogen) atoms. The lowest BCUT2D eigenvalue weighted by Gasteiger charge is -2.16. The van der Waals surface area contributed by atoms with E-state index < -0.39 is 11.6 Å². The monoisotopic (exact) mass is 359 g/mol. The fourth-order valence-electron chi connectivity index (χ4n) is 2.92. The van der Waals surface area contributed by atoms with Crippen molar-refractivity contribution in [3.8, 4) is 11.5 Å². The molecule has 2 aromatic carbocycles. The van der Waals surface area contributed by atoms with Gasteiger partial charge in [-0.1, -0.05) is 5.16 Å². The quantitative estimate of drug-likeness (QED) is 0.716. The molecule has 8 heteroatoms. The van der Waals surface area contributed by atoms with Crippen molar-refractivity contribution in [1.29, 1.82) is 0 Å². The lowest BCUT2D eigenvalue weighted by molar-refractivity contribution is -0.117. The van der Waals surface area contributed by atoms with Gasteiger partial charge in [0, 0.05) is 30.5 Å². The number of rotatable bonds is 3. The second-order valence-electron chi connectivity index (χ2n) is 5.97. The van der Waals surface area contributed by atoms with Gasteiger partial charge in [-0.15, -0.1) is 0 Å². The van der Waals surface area contributed by atoms with Gasteiger partial charge in [-0.05, 0) is 36.4 Å². The molecule has 5 nitrogen and oxygen atoms in total. The number of anilines is 1. The maximum atomic E-state index is 13.9. The van der Waals surface area contributed by atoms with Crippen LogP contribution in [-0.4, -0.2) is 22.6 Å². The summed E-state index contributed by atoms with van der Waals surface area (Å²) in [5.41, 5.74) is 0.567. The van der Waals surface area contributed by atoms with Crippen LogP contribution in [0, 0.1) is 17.5 Å². The van der Waals surface area contributed by atoms with E-state index in [-0.39, 0.29) is 42.2 Å². The molecular weight excluding hydrogens is 347 g/mol. The zero-order valence-electron chi connectivity index (χ0n) is 13.3. The fraction of sp³-hybridized carbons (Fsp3) is 0.167. The zero-order chi connectivity index (χ0) is 18.3.